The van der Waals surface area contributed by atoms with E-state index in [0.717, 1.165) is 12.5 Å². The summed E-state index contributed by atoms with van der Waals surface area (Å²) in [5.41, 5.74) is 5.83. The SMILES string of the molecule is CCCCCCCCCCCCCCCCCCC(CN)CCC. The van der Waals surface area contributed by atoms with E-state index in [1.165, 1.54) is 122 Å². The van der Waals surface area contributed by atoms with Crippen LogP contribution >= 0.6 is 0 Å². The molecule has 1 heteroatoms. The van der Waals surface area contributed by atoms with Crippen molar-refractivity contribution in [2.45, 2.75) is 136 Å². The Kier molecular flexibility index (Phi) is 21.0. The molecule has 0 aliphatic heterocycles. The van der Waals surface area contributed by atoms with Gasteiger partial charge < -0.3 is 5.73 Å². The fraction of sp³-hybridized carbons (Fsp3) is 1.00. The summed E-state index contributed by atoms with van der Waals surface area (Å²) in [5, 5.41) is 0. The molecule has 0 saturated heterocycles. The van der Waals surface area contributed by atoms with Gasteiger partial charge in [-0.3, -0.25) is 0 Å². The van der Waals surface area contributed by atoms with E-state index in [-0.39, 0.29) is 0 Å². The molecule has 0 rings (SSSR count). The second-order valence-electron chi connectivity index (χ2n) is 7.98. The second-order valence-corrected chi connectivity index (χ2v) is 7.98. The highest BCUT2D eigenvalue weighted by Crippen LogP contribution is 2.17. The first kappa shape index (κ1) is 24.0. The van der Waals surface area contributed by atoms with Gasteiger partial charge in [0.05, 0.1) is 0 Å². The molecule has 2 N–H and O–H groups in total. The molecule has 0 saturated carbocycles. The monoisotopic (exact) mass is 339 g/mol. The van der Waals surface area contributed by atoms with Crippen LogP contribution in [0, 0.1) is 5.92 Å². The molecule has 0 aliphatic carbocycles. The Morgan fingerprint density at radius 3 is 1.17 bits per heavy atom. The van der Waals surface area contributed by atoms with E-state index in [1.54, 1.807) is 0 Å². The molecule has 1 atom stereocenters. The molecule has 0 radical (unpaired) electrons. The van der Waals surface area contributed by atoms with E-state index < -0.39 is 0 Å². The summed E-state index contributed by atoms with van der Waals surface area (Å²) < 4.78 is 0. The van der Waals surface area contributed by atoms with Crippen LogP contribution < -0.4 is 5.73 Å². The Bertz CT molecular complexity index is 214. The van der Waals surface area contributed by atoms with E-state index in [2.05, 4.69) is 13.8 Å². The van der Waals surface area contributed by atoms with Gasteiger partial charge in [-0.1, -0.05) is 123 Å². The first-order chi connectivity index (χ1) is 11.8. The van der Waals surface area contributed by atoms with Crippen LogP contribution in [0.1, 0.15) is 136 Å². The van der Waals surface area contributed by atoms with Crippen molar-refractivity contribution in [2.75, 3.05) is 6.54 Å². The van der Waals surface area contributed by atoms with Gasteiger partial charge in [-0.05, 0) is 25.3 Å². The van der Waals surface area contributed by atoms with Crippen LogP contribution in [0.4, 0.5) is 0 Å². The highest BCUT2D eigenvalue weighted by Gasteiger charge is 2.04. The lowest BCUT2D eigenvalue weighted by atomic mass is 9.96. The molecular weight excluding hydrogens is 290 g/mol. The number of nitrogens with two attached hydrogens (primary N) is 1. The quantitative estimate of drug-likeness (QED) is 0.223. The molecule has 0 amide bonds. The number of hydrogen-bond donors (Lipinski definition) is 1. The summed E-state index contributed by atoms with van der Waals surface area (Å²) in [7, 11) is 0. The maximum atomic E-state index is 5.83. The largest absolute Gasteiger partial charge is 0.330 e. The van der Waals surface area contributed by atoms with Gasteiger partial charge in [0.1, 0.15) is 0 Å². The van der Waals surface area contributed by atoms with Gasteiger partial charge in [0, 0.05) is 0 Å². The van der Waals surface area contributed by atoms with Gasteiger partial charge in [-0.15, -0.1) is 0 Å². The lowest BCUT2D eigenvalue weighted by molar-refractivity contribution is 0.427. The van der Waals surface area contributed by atoms with E-state index in [9.17, 15) is 0 Å². The lowest BCUT2D eigenvalue weighted by Crippen LogP contribution is -2.13. The highest BCUT2D eigenvalue weighted by atomic mass is 14.5. The average Bonchev–Trinajstić information content (AvgIpc) is 2.60. The summed E-state index contributed by atoms with van der Waals surface area (Å²) >= 11 is 0. The zero-order valence-electron chi connectivity index (χ0n) is 17.3. The third-order valence-corrected chi connectivity index (χ3v) is 5.50. The molecule has 0 spiro atoms. The fourth-order valence-corrected chi connectivity index (χ4v) is 3.77. The summed E-state index contributed by atoms with van der Waals surface area (Å²) in [6.07, 6.45) is 27.2. The molecule has 146 valence electrons. The minimum atomic E-state index is 0.793. The average molecular weight is 340 g/mol. The van der Waals surface area contributed by atoms with Gasteiger partial charge in [0.2, 0.25) is 0 Å². The van der Waals surface area contributed by atoms with Crippen molar-refractivity contribution in [2.24, 2.45) is 11.7 Å². The first-order valence-corrected chi connectivity index (χ1v) is 11.5. The zero-order valence-corrected chi connectivity index (χ0v) is 17.3. The standard InChI is InChI=1S/C23H49N/c1-3-5-6-7-8-9-10-11-12-13-14-15-16-17-18-19-21-23(22-24)20-4-2/h23H,3-22,24H2,1-2H3. The predicted molar refractivity (Wildman–Crippen MR) is 112 cm³/mol. The maximum Gasteiger partial charge on any atom is -0.00489 e. The van der Waals surface area contributed by atoms with Crippen molar-refractivity contribution >= 4 is 0 Å². The third kappa shape index (κ3) is 18.3. The normalized spacial score (nSPS) is 12.6. The summed E-state index contributed by atoms with van der Waals surface area (Å²) in [6.45, 7) is 5.47. The van der Waals surface area contributed by atoms with Crippen LogP contribution in [-0.4, -0.2) is 6.54 Å². The van der Waals surface area contributed by atoms with E-state index in [1.807, 2.05) is 0 Å². The molecular formula is C23H49N. The minimum absolute atomic E-state index is 0.793. The Labute approximate surface area is 154 Å². The molecule has 0 fully saturated rings. The third-order valence-electron chi connectivity index (χ3n) is 5.50. The molecule has 0 aromatic heterocycles. The van der Waals surface area contributed by atoms with Crippen molar-refractivity contribution in [3.63, 3.8) is 0 Å². The van der Waals surface area contributed by atoms with Crippen LogP contribution in [0.5, 0.6) is 0 Å². The van der Waals surface area contributed by atoms with Crippen LogP contribution in [0.15, 0.2) is 0 Å². The van der Waals surface area contributed by atoms with Crippen molar-refractivity contribution in [1.82, 2.24) is 0 Å². The topological polar surface area (TPSA) is 26.0 Å². The fourth-order valence-electron chi connectivity index (χ4n) is 3.77. The number of hydrogen-bond acceptors (Lipinski definition) is 1. The van der Waals surface area contributed by atoms with Crippen LogP contribution in [0.25, 0.3) is 0 Å². The summed E-state index contributed by atoms with van der Waals surface area (Å²) in [5.74, 6) is 0.793. The Hall–Kier alpha value is -0.0400. The van der Waals surface area contributed by atoms with Crippen LogP contribution in [-0.2, 0) is 0 Å². The van der Waals surface area contributed by atoms with Gasteiger partial charge in [0.25, 0.3) is 0 Å². The molecule has 0 bridgehead atoms. The molecule has 1 nitrogen and oxygen atoms in total. The minimum Gasteiger partial charge on any atom is -0.330 e. The Morgan fingerprint density at radius 2 is 0.833 bits per heavy atom. The molecule has 24 heavy (non-hydrogen) atoms. The lowest BCUT2D eigenvalue weighted by Gasteiger charge is -2.12. The van der Waals surface area contributed by atoms with Crippen molar-refractivity contribution < 1.29 is 0 Å². The smallest absolute Gasteiger partial charge is 0.00489 e. The van der Waals surface area contributed by atoms with Gasteiger partial charge in [-0.2, -0.15) is 0 Å². The van der Waals surface area contributed by atoms with E-state index >= 15 is 0 Å². The maximum absolute atomic E-state index is 5.83. The molecule has 0 heterocycles. The molecule has 0 aromatic carbocycles. The number of rotatable bonds is 20. The summed E-state index contributed by atoms with van der Waals surface area (Å²) in [6, 6.07) is 0. The number of unbranched alkanes of at least 4 members (excludes halogenated alkanes) is 15. The predicted octanol–water partition coefficient (Wildman–Crippen LogP) is 8.01. The zero-order chi connectivity index (χ0) is 17.7. The molecule has 0 aliphatic rings. The first-order valence-electron chi connectivity index (χ1n) is 11.5. The van der Waals surface area contributed by atoms with Crippen molar-refractivity contribution in [3.05, 3.63) is 0 Å². The van der Waals surface area contributed by atoms with Crippen molar-refractivity contribution in [3.8, 4) is 0 Å². The highest BCUT2D eigenvalue weighted by molar-refractivity contribution is 4.59. The molecule has 0 aromatic rings. The molecule has 1 unspecified atom stereocenters. The Morgan fingerprint density at radius 1 is 0.458 bits per heavy atom. The second kappa shape index (κ2) is 21.0. The van der Waals surface area contributed by atoms with E-state index in [0.29, 0.717) is 0 Å². The van der Waals surface area contributed by atoms with Crippen LogP contribution in [0.3, 0.4) is 0 Å². The van der Waals surface area contributed by atoms with E-state index in [4.69, 9.17) is 5.73 Å². The van der Waals surface area contributed by atoms with Gasteiger partial charge in [-0.25, -0.2) is 0 Å². The van der Waals surface area contributed by atoms with Crippen molar-refractivity contribution in [1.29, 1.82) is 0 Å². The Balaban J connectivity index is 3.07. The van der Waals surface area contributed by atoms with Gasteiger partial charge >= 0.3 is 0 Å². The van der Waals surface area contributed by atoms with Gasteiger partial charge in [0.15, 0.2) is 0 Å². The summed E-state index contributed by atoms with van der Waals surface area (Å²) in [4.78, 5) is 0. The van der Waals surface area contributed by atoms with Crippen LogP contribution in [0.2, 0.25) is 0 Å².